The molecule has 8 rings (SSSR count). The predicted molar refractivity (Wildman–Crippen MR) is 263 cm³/mol. The molecule has 446 valence electrons. The summed E-state index contributed by atoms with van der Waals surface area (Å²) in [6.07, 6.45) is -31.5. The van der Waals surface area contributed by atoms with Crippen LogP contribution in [0.4, 0.5) is 0 Å². The van der Waals surface area contributed by atoms with E-state index in [-0.39, 0.29) is 37.7 Å². The third kappa shape index (κ3) is 10.8. The molecule has 0 spiro atoms. The van der Waals surface area contributed by atoms with Crippen molar-refractivity contribution < 1.29 is 120 Å². The first-order valence-corrected chi connectivity index (χ1v) is 27.5. The number of hydrogen-bond donors (Lipinski definition) is 16. The normalized spacial score (nSPS) is 53.1. The van der Waals surface area contributed by atoms with Gasteiger partial charge in [0, 0.05) is 0 Å². The monoisotopic (exact) mass is 1110 g/mol. The maximum absolute atomic E-state index is 12.8. The lowest BCUT2D eigenvalue weighted by atomic mass is 9.35. The molecule has 0 aromatic heterocycles. The van der Waals surface area contributed by atoms with Crippen LogP contribution in [0.1, 0.15) is 99.8 Å². The molecule has 8 aliphatic rings. The maximum Gasteiger partial charge on any atom is 0.187 e. The van der Waals surface area contributed by atoms with Gasteiger partial charge in [0.15, 0.2) is 25.2 Å². The van der Waals surface area contributed by atoms with Crippen molar-refractivity contribution in [3.05, 3.63) is 12.2 Å². The fourth-order valence-corrected chi connectivity index (χ4v) is 16.2. The molecule has 0 aromatic rings. The van der Waals surface area contributed by atoms with Crippen LogP contribution < -0.4 is 0 Å². The summed E-state index contributed by atoms with van der Waals surface area (Å²) in [4.78, 5) is 0. The minimum atomic E-state index is -1.88. The second kappa shape index (κ2) is 23.1. The minimum absolute atomic E-state index is 0.158. The number of aliphatic hydroxyl groups excluding tert-OH is 16. The average Bonchev–Trinajstić information content (AvgIpc) is 3.80. The van der Waals surface area contributed by atoms with Crippen molar-refractivity contribution in [2.75, 3.05) is 26.4 Å². The van der Waals surface area contributed by atoms with Gasteiger partial charge in [-0.1, -0.05) is 46.8 Å². The van der Waals surface area contributed by atoms with E-state index in [1.807, 2.05) is 20.8 Å². The second-order valence-electron chi connectivity index (χ2n) is 25.5. The molecule has 0 radical (unpaired) electrons. The van der Waals surface area contributed by atoms with E-state index in [2.05, 4.69) is 27.4 Å². The van der Waals surface area contributed by atoms with E-state index in [4.69, 9.17) is 37.9 Å². The standard InChI is InChI=1S/C53H90O24/c1-21(2)23(56)10-14-53(8,77-47-42(69)38(65)36(63)29(74-47)20-71-45-40(67)33(60)26(59)19-70-45)22-9-12-52(7)32(22)24(57)15-31-50(5)16-25(58)44(49(3,4)30(50)11-13-51(31,52)6)76-48-43(39(66)35(62)28(18-55)73-48)75-46-41(68)37(64)34(61)27(17-54)72-46/h22-48,54-69H,1,9-20H2,2-8H3/t22-,23?,24+,25+,26+,27+,28+,29+,30?,31?,32-,33-,34+,35+,36+,37-,38-,39-,40+,41+,42+,43+,44-,45-,46-,47-,48-,50-,51+,52+,53?/m0/s1. The zero-order valence-electron chi connectivity index (χ0n) is 45.2. The highest BCUT2D eigenvalue weighted by Gasteiger charge is 2.73. The number of hydrogen-bond acceptors (Lipinski definition) is 24. The Morgan fingerprint density at radius 3 is 1.81 bits per heavy atom. The third-order valence-corrected chi connectivity index (χ3v) is 20.7. The molecule has 24 heteroatoms. The molecule has 8 fully saturated rings. The lowest BCUT2D eigenvalue weighted by Crippen LogP contribution is -2.70. The molecule has 77 heavy (non-hydrogen) atoms. The van der Waals surface area contributed by atoms with Gasteiger partial charge in [-0.2, -0.15) is 0 Å². The molecule has 4 unspecified atom stereocenters. The largest absolute Gasteiger partial charge is 0.394 e. The molecule has 4 aliphatic carbocycles. The lowest BCUT2D eigenvalue weighted by Gasteiger charge is -2.71. The molecule has 0 bridgehead atoms. The fraction of sp³-hybridized carbons (Fsp3) is 0.962. The van der Waals surface area contributed by atoms with Gasteiger partial charge in [-0.15, -0.1) is 0 Å². The molecule has 16 N–H and O–H groups in total. The molecule has 31 atom stereocenters. The van der Waals surface area contributed by atoms with Gasteiger partial charge in [0.25, 0.3) is 0 Å². The van der Waals surface area contributed by atoms with Gasteiger partial charge in [0.2, 0.25) is 0 Å². The first-order chi connectivity index (χ1) is 35.9. The summed E-state index contributed by atoms with van der Waals surface area (Å²) in [6, 6.07) is 0. The van der Waals surface area contributed by atoms with Gasteiger partial charge in [-0.3, -0.25) is 0 Å². The van der Waals surface area contributed by atoms with E-state index in [1.54, 1.807) is 6.92 Å². The molecular formula is C53H90O24. The molecule has 0 amide bonds. The average molecular weight is 1110 g/mol. The smallest absolute Gasteiger partial charge is 0.187 e. The Hall–Kier alpha value is -1.22. The van der Waals surface area contributed by atoms with E-state index < -0.39 is 200 Å². The summed E-state index contributed by atoms with van der Waals surface area (Å²) in [7, 11) is 0. The van der Waals surface area contributed by atoms with Crippen LogP contribution in [0.25, 0.3) is 0 Å². The van der Waals surface area contributed by atoms with Crippen LogP contribution in [0.2, 0.25) is 0 Å². The van der Waals surface area contributed by atoms with Crippen molar-refractivity contribution in [1.29, 1.82) is 0 Å². The molecule has 4 saturated carbocycles. The van der Waals surface area contributed by atoms with E-state index in [0.29, 0.717) is 37.7 Å². The predicted octanol–water partition coefficient (Wildman–Crippen LogP) is -3.62. The third-order valence-electron chi connectivity index (χ3n) is 20.7. The topological polar surface area (TPSA) is 398 Å². The van der Waals surface area contributed by atoms with Gasteiger partial charge in [-0.05, 0) is 111 Å². The van der Waals surface area contributed by atoms with E-state index in [1.165, 1.54) is 0 Å². The molecule has 4 aliphatic heterocycles. The SMILES string of the molecule is C=C(C)C(O)CCC(C)(O[C@@H]1O[C@H](CO[C@@H]2OC[C@@H](O)[C@H](O)[C@H]2O)[C@@H](O)[C@H](O)[C@H]1O)[C@H]1CC[C@]2(C)[C@@H]1[C@H](O)CC1[C@@]3(C)C[C@@H](O)[C@H](O[C@@H]4O[C@H](CO)[C@@H](O)[C@H](O)[C@H]4O[C@@H]4O[C@H](CO)[C@@H](O)[C@H](O)[C@H]4O)C(C)(C)C3CC[C@]12C. The Bertz CT molecular complexity index is 2000. The van der Waals surface area contributed by atoms with Crippen molar-refractivity contribution in [2.24, 2.45) is 45.3 Å². The highest BCUT2D eigenvalue weighted by Crippen LogP contribution is 2.76. The minimum Gasteiger partial charge on any atom is -0.394 e. The van der Waals surface area contributed by atoms with Crippen molar-refractivity contribution in [3.63, 3.8) is 0 Å². The summed E-state index contributed by atoms with van der Waals surface area (Å²) in [6.45, 7) is 15.7. The van der Waals surface area contributed by atoms with E-state index in [9.17, 15) is 81.7 Å². The Labute approximate surface area is 449 Å². The highest BCUT2D eigenvalue weighted by molar-refractivity contribution is 5.21. The van der Waals surface area contributed by atoms with Crippen LogP contribution in [0.5, 0.6) is 0 Å². The summed E-state index contributed by atoms with van der Waals surface area (Å²) in [5.41, 5.74) is -3.26. The molecule has 0 aromatic carbocycles. The Morgan fingerprint density at radius 1 is 0.623 bits per heavy atom. The first-order valence-electron chi connectivity index (χ1n) is 27.5. The lowest BCUT2D eigenvalue weighted by molar-refractivity contribution is -0.383. The first kappa shape index (κ1) is 61.8. The van der Waals surface area contributed by atoms with Crippen LogP contribution in [0, 0.1) is 45.3 Å². The van der Waals surface area contributed by atoms with Crippen molar-refractivity contribution in [2.45, 2.75) is 247 Å². The molecule has 4 saturated heterocycles. The zero-order valence-corrected chi connectivity index (χ0v) is 45.2. The van der Waals surface area contributed by atoms with Gasteiger partial charge in [0.1, 0.15) is 91.6 Å². The van der Waals surface area contributed by atoms with Gasteiger partial charge in [0.05, 0.1) is 56.4 Å². The van der Waals surface area contributed by atoms with Gasteiger partial charge >= 0.3 is 0 Å². The molecule has 4 heterocycles. The second-order valence-corrected chi connectivity index (χ2v) is 25.5. The number of rotatable bonds is 16. The van der Waals surface area contributed by atoms with Crippen LogP contribution in [-0.4, -0.2) is 255 Å². The van der Waals surface area contributed by atoms with Crippen molar-refractivity contribution in [1.82, 2.24) is 0 Å². The van der Waals surface area contributed by atoms with Crippen LogP contribution in [0.15, 0.2) is 12.2 Å². The maximum atomic E-state index is 12.8. The number of ether oxygens (including phenoxy) is 8. The highest BCUT2D eigenvalue weighted by atomic mass is 16.8. The van der Waals surface area contributed by atoms with Crippen LogP contribution in [0.3, 0.4) is 0 Å². The summed E-state index contributed by atoms with van der Waals surface area (Å²) < 4.78 is 48.3. The van der Waals surface area contributed by atoms with Gasteiger partial charge in [-0.25, -0.2) is 0 Å². The van der Waals surface area contributed by atoms with Crippen molar-refractivity contribution in [3.8, 4) is 0 Å². The molecular weight excluding hydrogens is 1020 g/mol. The summed E-state index contributed by atoms with van der Waals surface area (Å²) >= 11 is 0. The van der Waals surface area contributed by atoms with Crippen LogP contribution in [-0.2, 0) is 37.9 Å². The molecule has 24 nitrogen and oxygen atoms in total. The van der Waals surface area contributed by atoms with Crippen LogP contribution >= 0.6 is 0 Å². The van der Waals surface area contributed by atoms with E-state index >= 15 is 0 Å². The number of aliphatic hydroxyl groups is 16. The van der Waals surface area contributed by atoms with Crippen molar-refractivity contribution >= 4 is 0 Å². The van der Waals surface area contributed by atoms with Gasteiger partial charge < -0.3 is 120 Å². The summed E-state index contributed by atoms with van der Waals surface area (Å²) in [5, 5.41) is 175. The number of fused-ring (bicyclic) bond motifs is 5. The zero-order chi connectivity index (χ0) is 56.8. The Kier molecular flexibility index (Phi) is 18.5. The fourth-order valence-electron chi connectivity index (χ4n) is 16.2. The van der Waals surface area contributed by atoms with E-state index in [0.717, 1.165) is 0 Å². The Morgan fingerprint density at radius 2 is 1.18 bits per heavy atom. The quantitative estimate of drug-likeness (QED) is 0.0524. The summed E-state index contributed by atoms with van der Waals surface area (Å²) in [5.74, 6) is -1.17. The Balaban J connectivity index is 1.03.